The monoisotopic (exact) mass is 242 g/mol. The zero-order valence-electron chi connectivity index (χ0n) is 9.66. The number of carbonyl (C=O) groups excluding carboxylic acids is 1. The predicted molar refractivity (Wildman–Crippen MR) is 63.0 cm³/mol. The van der Waals surface area contributed by atoms with Gasteiger partial charge in [-0.05, 0) is 13.2 Å². The molecule has 1 N–H and O–H groups in total. The fraction of sp³-hybridized carbons (Fsp3) is 0.364. The van der Waals surface area contributed by atoms with Crippen molar-refractivity contribution in [1.82, 2.24) is 0 Å². The Morgan fingerprint density at radius 2 is 1.88 bits per heavy atom. The van der Waals surface area contributed by atoms with E-state index >= 15 is 0 Å². The summed E-state index contributed by atoms with van der Waals surface area (Å²) in [6.45, 7) is 1.38. The normalized spacial score (nSPS) is 10.0. The van der Waals surface area contributed by atoms with E-state index in [0.717, 1.165) is 0 Å². The number of hydrogen-bond acceptors (Lipinski definition) is 5. The Morgan fingerprint density at radius 1 is 1.31 bits per heavy atom. The van der Waals surface area contributed by atoms with Crippen molar-refractivity contribution in [2.45, 2.75) is 11.8 Å². The third-order valence-corrected chi connectivity index (χ3v) is 2.98. The molecule has 1 aromatic carbocycles. The number of thioether (sulfide) groups is 1. The highest BCUT2D eigenvalue weighted by Crippen LogP contribution is 2.43. The molecule has 5 heteroatoms. The molecule has 88 valence electrons. The largest absolute Gasteiger partial charge is 0.506 e. The first kappa shape index (κ1) is 12.7. The van der Waals surface area contributed by atoms with Crippen LogP contribution >= 0.6 is 11.8 Å². The number of aromatic hydroxyl groups is 1. The van der Waals surface area contributed by atoms with E-state index in [9.17, 15) is 9.90 Å². The molecule has 0 aromatic heterocycles. The molecule has 16 heavy (non-hydrogen) atoms. The maximum Gasteiger partial charge on any atom is 0.167 e. The van der Waals surface area contributed by atoms with Gasteiger partial charge in [0.25, 0.3) is 0 Å². The molecule has 1 rings (SSSR count). The second kappa shape index (κ2) is 5.12. The highest BCUT2D eigenvalue weighted by molar-refractivity contribution is 7.98. The SMILES string of the molecule is COc1cc(OC)c(C(C)=O)c(O)c1SC. The van der Waals surface area contributed by atoms with Crippen LogP contribution in [-0.2, 0) is 0 Å². The van der Waals surface area contributed by atoms with Gasteiger partial charge < -0.3 is 14.6 Å². The van der Waals surface area contributed by atoms with Gasteiger partial charge in [-0.2, -0.15) is 0 Å². The quantitative estimate of drug-likeness (QED) is 0.648. The predicted octanol–water partition coefficient (Wildman–Crippen LogP) is 2.33. The van der Waals surface area contributed by atoms with Crippen LogP contribution in [0, 0.1) is 0 Å². The molecule has 0 aliphatic rings. The number of ether oxygens (including phenoxy) is 2. The molecule has 0 saturated carbocycles. The van der Waals surface area contributed by atoms with Gasteiger partial charge in [-0.15, -0.1) is 11.8 Å². The van der Waals surface area contributed by atoms with Crippen LogP contribution in [0.3, 0.4) is 0 Å². The highest BCUT2D eigenvalue weighted by atomic mass is 32.2. The summed E-state index contributed by atoms with van der Waals surface area (Å²) in [5.74, 6) is 0.481. The van der Waals surface area contributed by atoms with Crippen molar-refractivity contribution < 1.29 is 19.4 Å². The van der Waals surface area contributed by atoms with Gasteiger partial charge in [0.15, 0.2) is 5.78 Å². The molecule has 1 aromatic rings. The van der Waals surface area contributed by atoms with Crippen molar-refractivity contribution in [2.75, 3.05) is 20.5 Å². The van der Waals surface area contributed by atoms with Gasteiger partial charge in [-0.3, -0.25) is 4.79 Å². The van der Waals surface area contributed by atoms with Gasteiger partial charge in [-0.25, -0.2) is 0 Å². The van der Waals surface area contributed by atoms with Gasteiger partial charge in [0.2, 0.25) is 0 Å². The van der Waals surface area contributed by atoms with Gasteiger partial charge in [0.05, 0.1) is 19.1 Å². The lowest BCUT2D eigenvalue weighted by molar-refractivity contribution is 0.101. The minimum Gasteiger partial charge on any atom is -0.506 e. The van der Waals surface area contributed by atoms with Crippen LogP contribution in [0.2, 0.25) is 0 Å². The van der Waals surface area contributed by atoms with E-state index < -0.39 is 0 Å². The molecule has 0 amide bonds. The summed E-state index contributed by atoms with van der Waals surface area (Å²) < 4.78 is 10.2. The molecule has 0 atom stereocenters. The number of ketones is 1. The van der Waals surface area contributed by atoms with Crippen molar-refractivity contribution in [3.63, 3.8) is 0 Å². The van der Waals surface area contributed by atoms with E-state index in [0.29, 0.717) is 16.4 Å². The molecule has 0 aliphatic carbocycles. The summed E-state index contributed by atoms with van der Waals surface area (Å²) in [4.78, 5) is 12.0. The molecule has 0 unspecified atom stereocenters. The van der Waals surface area contributed by atoms with E-state index in [4.69, 9.17) is 9.47 Å². The zero-order valence-corrected chi connectivity index (χ0v) is 10.5. The van der Waals surface area contributed by atoms with Gasteiger partial charge >= 0.3 is 0 Å². The smallest absolute Gasteiger partial charge is 0.167 e. The van der Waals surface area contributed by atoms with E-state index in [1.165, 1.54) is 32.9 Å². The average molecular weight is 242 g/mol. The number of phenols is 1. The number of benzene rings is 1. The van der Waals surface area contributed by atoms with Crippen LogP contribution in [0.4, 0.5) is 0 Å². The third kappa shape index (κ3) is 2.09. The minimum absolute atomic E-state index is 0.0869. The van der Waals surface area contributed by atoms with Gasteiger partial charge in [0.1, 0.15) is 22.8 Å². The van der Waals surface area contributed by atoms with Crippen LogP contribution < -0.4 is 9.47 Å². The lowest BCUT2D eigenvalue weighted by Gasteiger charge is -2.14. The molecule has 0 radical (unpaired) electrons. The molecule has 4 nitrogen and oxygen atoms in total. The van der Waals surface area contributed by atoms with Crippen LogP contribution in [0.25, 0.3) is 0 Å². The number of hydrogen-bond donors (Lipinski definition) is 1. The van der Waals surface area contributed by atoms with E-state index in [2.05, 4.69) is 0 Å². The minimum atomic E-state index is -0.243. The fourth-order valence-electron chi connectivity index (χ4n) is 1.45. The van der Waals surface area contributed by atoms with Crippen molar-refractivity contribution >= 4 is 17.5 Å². The van der Waals surface area contributed by atoms with Crippen LogP contribution in [-0.4, -0.2) is 31.4 Å². The molecule has 0 fully saturated rings. The molecule has 0 saturated heterocycles. The summed E-state index contributed by atoms with van der Waals surface area (Å²) in [6, 6.07) is 1.60. The van der Waals surface area contributed by atoms with E-state index in [-0.39, 0.29) is 17.1 Å². The summed E-state index contributed by atoms with van der Waals surface area (Å²) >= 11 is 1.31. The second-order valence-electron chi connectivity index (χ2n) is 3.09. The van der Waals surface area contributed by atoms with Gasteiger partial charge in [0, 0.05) is 6.07 Å². The van der Waals surface area contributed by atoms with E-state index in [1.54, 1.807) is 12.3 Å². The van der Waals surface area contributed by atoms with Crippen LogP contribution in [0.1, 0.15) is 17.3 Å². The number of methoxy groups -OCH3 is 2. The summed E-state index contributed by atoms with van der Waals surface area (Å²) in [5, 5.41) is 9.98. The summed E-state index contributed by atoms with van der Waals surface area (Å²) in [7, 11) is 2.95. The first-order valence-electron chi connectivity index (χ1n) is 4.59. The van der Waals surface area contributed by atoms with Gasteiger partial charge in [-0.1, -0.05) is 0 Å². The Bertz CT molecular complexity index is 415. The molecule has 0 aliphatic heterocycles. The zero-order chi connectivity index (χ0) is 12.3. The van der Waals surface area contributed by atoms with Crippen molar-refractivity contribution in [3.8, 4) is 17.2 Å². The molecular weight excluding hydrogens is 228 g/mol. The van der Waals surface area contributed by atoms with Crippen molar-refractivity contribution in [1.29, 1.82) is 0 Å². The number of rotatable bonds is 4. The van der Waals surface area contributed by atoms with Crippen molar-refractivity contribution in [2.24, 2.45) is 0 Å². The number of Topliss-reactive ketones (excluding diaryl/α,β-unsaturated/α-hetero) is 1. The first-order chi connectivity index (χ1) is 7.56. The Morgan fingerprint density at radius 3 is 2.25 bits per heavy atom. The van der Waals surface area contributed by atoms with Crippen LogP contribution in [0.5, 0.6) is 17.2 Å². The first-order valence-corrected chi connectivity index (χ1v) is 5.82. The standard InChI is InChI=1S/C11H14O4S/c1-6(12)9-7(14-2)5-8(15-3)11(16-4)10(9)13/h5,13H,1-4H3. The topological polar surface area (TPSA) is 55.8 Å². The van der Waals surface area contributed by atoms with Crippen LogP contribution in [0.15, 0.2) is 11.0 Å². The molecule has 0 spiro atoms. The van der Waals surface area contributed by atoms with Crippen molar-refractivity contribution in [3.05, 3.63) is 11.6 Å². The number of carbonyl (C=O) groups is 1. The second-order valence-corrected chi connectivity index (χ2v) is 3.91. The molecule has 0 heterocycles. The molecular formula is C11H14O4S. The Hall–Kier alpha value is -1.36. The maximum atomic E-state index is 11.4. The maximum absolute atomic E-state index is 11.4. The Labute approximate surface area is 98.6 Å². The Kier molecular flexibility index (Phi) is 4.06. The van der Waals surface area contributed by atoms with E-state index in [1.807, 2.05) is 0 Å². The number of phenolic OH excluding ortho intramolecular Hbond substituents is 1. The third-order valence-electron chi connectivity index (χ3n) is 2.18. The fourth-order valence-corrected chi connectivity index (χ4v) is 2.09. The Balaban J connectivity index is 3.55. The average Bonchev–Trinajstić information content (AvgIpc) is 2.26. The summed E-state index contributed by atoms with van der Waals surface area (Å²) in [5.41, 5.74) is 0.188. The lowest BCUT2D eigenvalue weighted by atomic mass is 10.1. The lowest BCUT2D eigenvalue weighted by Crippen LogP contribution is -2.00. The highest BCUT2D eigenvalue weighted by Gasteiger charge is 2.21. The molecule has 0 bridgehead atoms. The summed E-state index contributed by atoms with van der Waals surface area (Å²) in [6.07, 6.45) is 1.80.